The molecule has 2 nitrogen and oxygen atoms in total. The largest absolute Gasteiger partial charge is 0.456 e. The molecule has 1 unspecified atom stereocenters. The van der Waals surface area contributed by atoms with Crippen LogP contribution in [0.2, 0.25) is 0 Å². The average Bonchev–Trinajstić information content (AvgIpc) is 3.65. The molecular weight excluding hydrogens is 679 g/mol. The van der Waals surface area contributed by atoms with Crippen molar-refractivity contribution in [1.82, 2.24) is 0 Å². The number of allylic oxidation sites excluding steroid dienone is 4. The van der Waals surface area contributed by atoms with Crippen molar-refractivity contribution in [1.29, 1.82) is 0 Å². The van der Waals surface area contributed by atoms with Crippen LogP contribution in [0, 0.1) is 0 Å². The standard InChI is InChI=1S/C54H37NO/c1-3-13-36(14-4-1)37-23-27-40(28-24-37)55(42-31-32-47-45-19-8-7-17-43(45)44-18-9-10-20-46(44)51(47)33-42)41-29-25-39(26-30-41)50-35-54-52(48-21-11-12-22-53(48)56-54)34-49(50)38-15-5-2-6-16-38/h1-15,17-35,38H,16H2. The number of furan rings is 1. The van der Waals surface area contributed by atoms with Crippen molar-refractivity contribution in [3.63, 3.8) is 0 Å². The highest BCUT2D eigenvalue weighted by atomic mass is 16.3. The fourth-order valence-electron chi connectivity index (χ4n) is 8.86. The van der Waals surface area contributed by atoms with Crippen LogP contribution in [0.5, 0.6) is 0 Å². The molecule has 0 N–H and O–H groups in total. The molecular formula is C54H37NO. The minimum absolute atomic E-state index is 0.288. The molecule has 0 saturated carbocycles. The molecule has 0 bridgehead atoms. The van der Waals surface area contributed by atoms with Gasteiger partial charge < -0.3 is 9.32 Å². The normalized spacial score (nSPS) is 14.0. The summed E-state index contributed by atoms with van der Waals surface area (Å²) in [6.45, 7) is 0. The minimum Gasteiger partial charge on any atom is -0.456 e. The molecule has 0 aliphatic heterocycles. The van der Waals surface area contributed by atoms with Gasteiger partial charge in [-0.3, -0.25) is 0 Å². The van der Waals surface area contributed by atoms with Crippen LogP contribution in [0.25, 0.3) is 76.5 Å². The maximum atomic E-state index is 6.43. The lowest BCUT2D eigenvalue weighted by molar-refractivity contribution is 0.669. The van der Waals surface area contributed by atoms with Crippen LogP contribution in [0.4, 0.5) is 17.1 Å². The van der Waals surface area contributed by atoms with Crippen molar-refractivity contribution >= 4 is 71.3 Å². The Bertz CT molecular complexity index is 3110. The number of benzene rings is 9. The average molecular weight is 716 g/mol. The minimum atomic E-state index is 0.288. The van der Waals surface area contributed by atoms with Gasteiger partial charge in [0, 0.05) is 33.8 Å². The van der Waals surface area contributed by atoms with Crippen molar-refractivity contribution in [2.45, 2.75) is 12.3 Å². The summed E-state index contributed by atoms with van der Waals surface area (Å²) < 4.78 is 6.43. The number of anilines is 3. The van der Waals surface area contributed by atoms with E-state index in [1.54, 1.807) is 0 Å². The first-order valence-electron chi connectivity index (χ1n) is 19.4. The third kappa shape index (κ3) is 5.41. The Balaban J connectivity index is 1.07. The molecule has 0 spiro atoms. The highest BCUT2D eigenvalue weighted by Gasteiger charge is 2.20. The van der Waals surface area contributed by atoms with Crippen LogP contribution in [0.3, 0.4) is 0 Å². The third-order valence-electron chi connectivity index (χ3n) is 11.6. The van der Waals surface area contributed by atoms with E-state index in [9.17, 15) is 0 Å². The van der Waals surface area contributed by atoms with E-state index < -0.39 is 0 Å². The summed E-state index contributed by atoms with van der Waals surface area (Å²) in [4.78, 5) is 2.39. The number of rotatable bonds is 6. The van der Waals surface area contributed by atoms with Gasteiger partial charge in [0.15, 0.2) is 0 Å². The summed E-state index contributed by atoms with van der Waals surface area (Å²) in [5.74, 6) is 0.288. The van der Waals surface area contributed by atoms with Crippen molar-refractivity contribution in [3.05, 3.63) is 212 Å². The van der Waals surface area contributed by atoms with E-state index in [4.69, 9.17) is 4.42 Å². The number of fused-ring (bicyclic) bond motifs is 9. The number of hydrogen-bond acceptors (Lipinski definition) is 2. The molecule has 2 heteroatoms. The summed E-state index contributed by atoms with van der Waals surface area (Å²) >= 11 is 0. The molecule has 0 fully saturated rings. The second kappa shape index (κ2) is 13.3. The summed E-state index contributed by atoms with van der Waals surface area (Å²) in [5.41, 5.74) is 11.2. The first-order chi connectivity index (χ1) is 27.8. The monoisotopic (exact) mass is 715 g/mol. The van der Waals surface area contributed by atoms with E-state index >= 15 is 0 Å². The zero-order valence-electron chi connectivity index (χ0n) is 30.8. The van der Waals surface area contributed by atoms with Gasteiger partial charge in [-0.1, -0.05) is 152 Å². The van der Waals surface area contributed by atoms with Crippen molar-refractivity contribution in [3.8, 4) is 22.3 Å². The SMILES string of the molecule is C1=CCC(c2cc3c(cc2-c2ccc(N(c4ccc(-c5ccccc5)cc4)c4ccc5c6ccccc6c6ccccc6c5c4)cc2)oc2ccccc23)C=C1. The summed E-state index contributed by atoms with van der Waals surface area (Å²) in [7, 11) is 0. The van der Waals surface area contributed by atoms with Gasteiger partial charge in [-0.05, 0) is 121 Å². The Morgan fingerprint density at radius 2 is 0.946 bits per heavy atom. The second-order valence-electron chi connectivity index (χ2n) is 14.8. The Kier molecular flexibility index (Phi) is 7.67. The number of hydrogen-bond donors (Lipinski definition) is 0. The van der Waals surface area contributed by atoms with Crippen LogP contribution in [-0.4, -0.2) is 0 Å². The van der Waals surface area contributed by atoms with Crippen molar-refractivity contribution in [2.75, 3.05) is 4.90 Å². The molecule has 1 aliphatic rings. The van der Waals surface area contributed by atoms with E-state index in [-0.39, 0.29) is 5.92 Å². The molecule has 1 heterocycles. The van der Waals surface area contributed by atoms with Gasteiger partial charge in [-0.2, -0.15) is 0 Å². The smallest absolute Gasteiger partial charge is 0.136 e. The first kappa shape index (κ1) is 32.3. The Morgan fingerprint density at radius 1 is 0.393 bits per heavy atom. The molecule has 11 rings (SSSR count). The molecule has 0 radical (unpaired) electrons. The van der Waals surface area contributed by atoms with Gasteiger partial charge in [-0.15, -0.1) is 0 Å². The van der Waals surface area contributed by atoms with Gasteiger partial charge in [-0.25, -0.2) is 0 Å². The van der Waals surface area contributed by atoms with Gasteiger partial charge >= 0.3 is 0 Å². The van der Waals surface area contributed by atoms with Gasteiger partial charge in [0.1, 0.15) is 11.2 Å². The van der Waals surface area contributed by atoms with E-state index in [1.165, 1.54) is 65.5 Å². The predicted octanol–water partition coefficient (Wildman–Crippen LogP) is 15.4. The lowest BCUT2D eigenvalue weighted by Crippen LogP contribution is -2.10. The van der Waals surface area contributed by atoms with Crippen LogP contribution in [0.1, 0.15) is 17.9 Å². The molecule has 1 atom stereocenters. The quantitative estimate of drug-likeness (QED) is 0.159. The van der Waals surface area contributed by atoms with Gasteiger partial charge in [0.25, 0.3) is 0 Å². The molecule has 0 amide bonds. The highest BCUT2D eigenvalue weighted by Crippen LogP contribution is 2.44. The molecule has 1 aromatic heterocycles. The molecule has 56 heavy (non-hydrogen) atoms. The van der Waals surface area contributed by atoms with Gasteiger partial charge in [0.2, 0.25) is 0 Å². The third-order valence-corrected chi connectivity index (χ3v) is 11.6. The maximum Gasteiger partial charge on any atom is 0.136 e. The Morgan fingerprint density at radius 3 is 1.61 bits per heavy atom. The fraction of sp³-hybridized carbons (Fsp3) is 0.0370. The van der Waals surface area contributed by atoms with Crippen LogP contribution in [0.15, 0.2) is 211 Å². The van der Waals surface area contributed by atoms with E-state index in [2.05, 4.69) is 205 Å². The van der Waals surface area contributed by atoms with E-state index in [0.29, 0.717) is 0 Å². The Labute approximate surface area is 325 Å². The van der Waals surface area contributed by atoms with Crippen LogP contribution in [-0.2, 0) is 0 Å². The van der Waals surface area contributed by atoms with Gasteiger partial charge in [0.05, 0.1) is 0 Å². The van der Waals surface area contributed by atoms with E-state index in [1.807, 2.05) is 6.07 Å². The van der Waals surface area contributed by atoms with E-state index in [0.717, 1.165) is 40.0 Å². The molecule has 1 aliphatic carbocycles. The maximum absolute atomic E-state index is 6.43. The summed E-state index contributed by atoms with van der Waals surface area (Å²) in [5, 5.41) is 9.93. The van der Waals surface area contributed by atoms with Crippen molar-refractivity contribution < 1.29 is 4.42 Å². The molecule has 0 saturated heterocycles. The lowest BCUT2D eigenvalue weighted by Gasteiger charge is -2.27. The van der Waals surface area contributed by atoms with Crippen molar-refractivity contribution in [2.24, 2.45) is 0 Å². The Hall–Kier alpha value is -7.16. The van der Waals surface area contributed by atoms with Crippen LogP contribution < -0.4 is 4.90 Å². The number of para-hydroxylation sites is 1. The first-order valence-corrected chi connectivity index (χ1v) is 19.4. The lowest BCUT2D eigenvalue weighted by atomic mass is 9.85. The van der Waals surface area contributed by atoms with Crippen LogP contribution >= 0.6 is 0 Å². The molecule has 9 aromatic carbocycles. The molecule has 10 aromatic rings. The number of nitrogens with zero attached hydrogens (tertiary/aromatic N) is 1. The second-order valence-corrected chi connectivity index (χ2v) is 14.8. The molecule has 264 valence electrons. The topological polar surface area (TPSA) is 16.4 Å². The summed E-state index contributed by atoms with van der Waals surface area (Å²) in [6.07, 6.45) is 9.90. The fourth-order valence-corrected chi connectivity index (χ4v) is 8.86. The summed E-state index contributed by atoms with van der Waals surface area (Å²) in [6, 6.07) is 66.2. The predicted molar refractivity (Wildman–Crippen MR) is 237 cm³/mol. The highest BCUT2D eigenvalue weighted by molar-refractivity contribution is 6.25. The zero-order chi connectivity index (χ0) is 37.0. The zero-order valence-corrected chi connectivity index (χ0v) is 30.8.